The summed E-state index contributed by atoms with van der Waals surface area (Å²) < 4.78 is 38.2. The molecule has 4 rings (SSSR count). The summed E-state index contributed by atoms with van der Waals surface area (Å²) in [6.45, 7) is 2.60. The van der Waals surface area contributed by atoms with Gasteiger partial charge in [0.05, 0.1) is 23.0 Å². The molecule has 0 unspecified atom stereocenters. The molecule has 1 atom stereocenters. The lowest BCUT2D eigenvalue weighted by Crippen LogP contribution is -2.21. The number of furan rings is 1. The summed E-state index contributed by atoms with van der Waals surface area (Å²) in [6, 6.07) is 3.92. The van der Waals surface area contributed by atoms with Gasteiger partial charge in [-0.3, -0.25) is 0 Å². The number of carboxylic acid groups (broad SMARTS) is 1. The van der Waals surface area contributed by atoms with Crippen molar-refractivity contribution in [3.8, 4) is 0 Å². The van der Waals surface area contributed by atoms with E-state index in [2.05, 4.69) is 15.3 Å². The molecule has 1 aliphatic carbocycles. The number of aromatic nitrogens is 2. The monoisotopic (exact) mass is 476 g/mol. The number of fused-ring (bicyclic) bond motifs is 1. The highest BCUT2D eigenvalue weighted by molar-refractivity contribution is 7.19. The topological polar surface area (TPSA) is 114 Å². The zero-order valence-corrected chi connectivity index (χ0v) is 17.9. The van der Waals surface area contributed by atoms with Gasteiger partial charge in [-0.2, -0.15) is 18.2 Å². The van der Waals surface area contributed by atoms with E-state index in [9.17, 15) is 13.2 Å². The van der Waals surface area contributed by atoms with Crippen molar-refractivity contribution in [1.29, 1.82) is 0 Å². The van der Waals surface area contributed by atoms with Crippen LogP contribution in [0.15, 0.2) is 22.8 Å². The Balaban J connectivity index is 0.000000339. The first-order valence-corrected chi connectivity index (χ1v) is 10.6. The summed E-state index contributed by atoms with van der Waals surface area (Å²) in [4.78, 5) is 19.1. The molecule has 0 amide bonds. The maximum absolute atomic E-state index is 10.6. The van der Waals surface area contributed by atoms with Gasteiger partial charge >= 0.3 is 12.1 Å². The summed E-state index contributed by atoms with van der Waals surface area (Å²) in [5.41, 5.74) is 8.36. The van der Waals surface area contributed by atoms with Crippen molar-refractivity contribution in [2.45, 2.75) is 50.9 Å². The molecule has 12 heteroatoms. The van der Waals surface area contributed by atoms with E-state index in [4.69, 9.17) is 31.7 Å². The highest BCUT2D eigenvalue weighted by Gasteiger charge is 2.38. The number of anilines is 1. The number of nitrogens with two attached hydrogens (primary N) is 1. The number of thiophene rings is 1. The van der Waals surface area contributed by atoms with Crippen molar-refractivity contribution in [2.24, 2.45) is 5.73 Å². The van der Waals surface area contributed by atoms with Gasteiger partial charge in [0.25, 0.3) is 0 Å². The molecule has 168 valence electrons. The van der Waals surface area contributed by atoms with Crippen molar-refractivity contribution >= 4 is 44.9 Å². The average Bonchev–Trinajstić information content (AvgIpc) is 3.22. The Morgan fingerprint density at radius 3 is 2.65 bits per heavy atom. The largest absolute Gasteiger partial charge is 0.490 e. The second-order valence-electron chi connectivity index (χ2n) is 7.15. The van der Waals surface area contributed by atoms with Crippen LogP contribution >= 0.6 is 22.9 Å². The number of nitrogens with zero attached hydrogens (tertiary/aromatic N) is 2. The maximum Gasteiger partial charge on any atom is 0.490 e. The van der Waals surface area contributed by atoms with E-state index in [1.54, 1.807) is 17.6 Å². The van der Waals surface area contributed by atoms with Crippen LogP contribution in [0, 0.1) is 0 Å². The Hall–Kier alpha value is -2.37. The van der Waals surface area contributed by atoms with Crippen LogP contribution in [0.4, 0.5) is 19.0 Å². The van der Waals surface area contributed by atoms with Crippen LogP contribution in [0.5, 0.6) is 0 Å². The first-order chi connectivity index (χ1) is 14.6. The standard InChI is InChI=1S/C17H19ClN4OS.C2HF3O2/c1-9(19)7-12-13(10-4-5-10)14-15(24-12)16(22-17(18)21-14)20-8-11-3-2-6-23-11;3-2(4,5)1(6)7/h2-3,6,9-10H,4-5,7-8,19H2,1H3,(H,20,21,22);(H,6,7)/t9-;/m0./s1. The Kier molecular flexibility index (Phi) is 7.07. The zero-order chi connectivity index (χ0) is 22.8. The molecule has 3 aromatic heterocycles. The van der Waals surface area contributed by atoms with Crippen molar-refractivity contribution in [1.82, 2.24) is 9.97 Å². The fraction of sp³-hybridized carbons (Fsp3) is 0.421. The van der Waals surface area contributed by atoms with Crippen LogP contribution in [0.3, 0.4) is 0 Å². The Bertz CT molecular complexity index is 1050. The van der Waals surface area contributed by atoms with Crippen molar-refractivity contribution < 1.29 is 27.5 Å². The Labute approximate surface area is 184 Å². The molecule has 1 aliphatic rings. The number of aliphatic carboxylic acids is 1. The highest BCUT2D eigenvalue weighted by atomic mass is 35.5. The molecule has 1 fully saturated rings. The van der Waals surface area contributed by atoms with Gasteiger partial charge in [0.2, 0.25) is 5.28 Å². The second kappa shape index (κ2) is 9.41. The molecular weight excluding hydrogens is 457 g/mol. The Morgan fingerprint density at radius 2 is 2.13 bits per heavy atom. The number of hydrogen-bond donors (Lipinski definition) is 3. The summed E-state index contributed by atoms with van der Waals surface area (Å²) in [5.74, 6) is -0.541. The van der Waals surface area contributed by atoms with Gasteiger partial charge in [-0.1, -0.05) is 0 Å². The molecule has 0 aliphatic heterocycles. The van der Waals surface area contributed by atoms with Gasteiger partial charge < -0.3 is 20.6 Å². The number of alkyl halides is 3. The maximum atomic E-state index is 10.6. The van der Waals surface area contributed by atoms with Crippen molar-refractivity contribution in [3.63, 3.8) is 0 Å². The normalized spacial score (nSPS) is 14.8. The third kappa shape index (κ3) is 6.08. The lowest BCUT2D eigenvalue weighted by Gasteiger charge is -2.06. The van der Waals surface area contributed by atoms with E-state index >= 15 is 0 Å². The summed E-state index contributed by atoms with van der Waals surface area (Å²) in [5, 5.41) is 10.7. The minimum atomic E-state index is -5.08. The predicted octanol–water partition coefficient (Wildman–Crippen LogP) is 4.95. The van der Waals surface area contributed by atoms with Crippen LogP contribution in [-0.2, 0) is 17.8 Å². The van der Waals surface area contributed by atoms with Gasteiger partial charge in [0.1, 0.15) is 11.6 Å². The quantitative estimate of drug-likeness (QED) is 0.431. The van der Waals surface area contributed by atoms with Gasteiger partial charge in [-0.05, 0) is 61.4 Å². The van der Waals surface area contributed by atoms with E-state index in [1.807, 2.05) is 19.1 Å². The molecule has 1 saturated carbocycles. The first kappa shape index (κ1) is 23.3. The van der Waals surface area contributed by atoms with Crippen molar-refractivity contribution in [2.75, 3.05) is 5.32 Å². The molecule has 4 N–H and O–H groups in total. The number of rotatable bonds is 6. The molecule has 0 saturated heterocycles. The van der Waals surface area contributed by atoms with Crippen LogP contribution in [0.2, 0.25) is 5.28 Å². The van der Waals surface area contributed by atoms with E-state index in [0.717, 1.165) is 28.2 Å². The minimum absolute atomic E-state index is 0.124. The fourth-order valence-corrected chi connectivity index (χ4v) is 4.56. The van der Waals surface area contributed by atoms with Crippen LogP contribution in [0.25, 0.3) is 10.2 Å². The second-order valence-corrected chi connectivity index (χ2v) is 8.59. The van der Waals surface area contributed by atoms with Crippen LogP contribution in [-0.4, -0.2) is 33.3 Å². The third-order valence-electron chi connectivity index (χ3n) is 4.36. The molecular formula is C19H20ClF3N4O3S. The molecule has 0 spiro atoms. The zero-order valence-electron chi connectivity index (χ0n) is 16.4. The van der Waals surface area contributed by atoms with Gasteiger partial charge in [-0.25, -0.2) is 9.78 Å². The Morgan fingerprint density at radius 1 is 1.45 bits per heavy atom. The molecule has 0 radical (unpaired) electrons. The third-order valence-corrected chi connectivity index (χ3v) is 5.76. The fourth-order valence-electron chi connectivity index (χ4n) is 2.95. The molecule has 0 bridgehead atoms. The number of carboxylic acids is 1. The van der Waals surface area contributed by atoms with Crippen LogP contribution < -0.4 is 11.1 Å². The van der Waals surface area contributed by atoms with Crippen LogP contribution in [0.1, 0.15) is 41.9 Å². The SMILES string of the molecule is C[C@H](N)Cc1sc2c(NCc3ccco3)nc(Cl)nc2c1C1CC1.O=C(O)C(F)(F)F. The predicted molar refractivity (Wildman–Crippen MR) is 111 cm³/mol. The van der Waals surface area contributed by atoms with E-state index < -0.39 is 12.1 Å². The molecule has 7 nitrogen and oxygen atoms in total. The first-order valence-electron chi connectivity index (χ1n) is 9.37. The molecule has 31 heavy (non-hydrogen) atoms. The molecule has 3 aromatic rings. The van der Waals surface area contributed by atoms with Gasteiger partial charge in [0.15, 0.2) is 0 Å². The van der Waals surface area contributed by atoms with Crippen molar-refractivity contribution in [3.05, 3.63) is 39.9 Å². The highest BCUT2D eigenvalue weighted by Crippen LogP contribution is 2.49. The number of hydrogen-bond acceptors (Lipinski definition) is 7. The smallest absolute Gasteiger partial charge is 0.475 e. The number of carbonyl (C=O) groups is 1. The summed E-state index contributed by atoms with van der Waals surface area (Å²) in [7, 11) is 0. The minimum Gasteiger partial charge on any atom is -0.475 e. The number of halogens is 4. The number of nitrogens with one attached hydrogen (secondary N) is 1. The lowest BCUT2D eigenvalue weighted by atomic mass is 10.1. The molecule has 0 aromatic carbocycles. The lowest BCUT2D eigenvalue weighted by molar-refractivity contribution is -0.192. The summed E-state index contributed by atoms with van der Waals surface area (Å²) >= 11 is 7.93. The molecule has 3 heterocycles. The van der Waals surface area contributed by atoms with E-state index in [-0.39, 0.29) is 11.3 Å². The van der Waals surface area contributed by atoms with Gasteiger partial charge in [0, 0.05) is 10.9 Å². The summed E-state index contributed by atoms with van der Waals surface area (Å²) in [6.07, 6.45) is -0.123. The van der Waals surface area contributed by atoms with E-state index in [0.29, 0.717) is 12.5 Å². The van der Waals surface area contributed by atoms with E-state index in [1.165, 1.54) is 23.3 Å². The average molecular weight is 477 g/mol. The van der Waals surface area contributed by atoms with Gasteiger partial charge in [-0.15, -0.1) is 11.3 Å².